The van der Waals surface area contributed by atoms with Gasteiger partial charge in [-0.2, -0.15) is 0 Å². The number of hydrogen-bond donors (Lipinski definition) is 2. The van der Waals surface area contributed by atoms with E-state index in [1.807, 2.05) is 48.5 Å². The molecule has 0 heterocycles. The van der Waals surface area contributed by atoms with E-state index in [0.29, 0.717) is 6.54 Å². The average molecular weight is 215 g/mol. The fraction of sp³-hybridized carbons (Fsp3) is 0.143. The topological polar surface area (TPSA) is 32.3 Å². The van der Waals surface area contributed by atoms with Gasteiger partial charge in [-0.15, -0.1) is 0 Å². The maximum atomic E-state index is 8.27. The van der Waals surface area contributed by atoms with E-state index in [2.05, 4.69) is 24.5 Å². The van der Waals surface area contributed by atoms with Crippen LogP contribution in [0.1, 0.15) is 11.1 Å². The summed E-state index contributed by atoms with van der Waals surface area (Å²) in [4.78, 5) is 0. The zero-order valence-electron chi connectivity index (χ0n) is 9.43. The molecule has 0 unspecified atom stereocenters. The van der Waals surface area contributed by atoms with Crippen LogP contribution < -0.4 is 5.48 Å². The second kappa shape index (κ2) is 7.63. The van der Waals surface area contributed by atoms with Crippen LogP contribution in [0.3, 0.4) is 0 Å². The van der Waals surface area contributed by atoms with Crippen LogP contribution in [0.25, 0.3) is 0 Å². The molecule has 2 N–H and O–H groups in total. The second-order valence-electron chi connectivity index (χ2n) is 3.48. The Morgan fingerprint density at radius 3 is 1.75 bits per heavy atom. The van der Waals surface area contributed by atoms with Crippen molar-refractivity contribution >= 4 is 0 Å². The van der Waals surface area contributed by atoms with E-state index in [0.717, 1.165) is 5.56 Å². The molecule has 0 amide bonds. The summed E-state index contributed by atoms with van der Waals surface area (Å²) in [7, 11) is 0. The lowest BCUT2D eigenvalue weighted by Gasteiger charge is -1.94. The van der Waals surface area contributed by atoms with Crippen LogP contribution in [0.4, 0.5) is 0 Å². The molecule has 0 aromatic heterocycles. The van der Waals surface area contributed by atoms with Crippen molar-refractivity contribution in [2.75, 3.05) is 0 Å². The number of benzene rings is 2. The normalized spacial score (nSPS) is 9.12. The Labute approximate surface area is 96.5 Å². The maximum absolute atomic E-state index is 8.27. The van der Waals surface area contributed by atoms with Crippen LogP contribution in [0.15, 0.2) is 60.7 Å². The third-order valence-corrected chi connectivity index (χ3v) is 2.07. The monoisotopic (exact) mass is 215 g/mol. The van der Waals surface area contributed by atoms with E-state index in [1.54, 1.807) is 0 Å². The summed E-state index contributed by atoms with van der Waals surface area (Å²) in [6, 6.07) is 20.0. The first kappa shape index (κ1) is 12.4. The highest BCUT2D eigenvalue weighted by Gasteiger charge is 1.84. The molecular formula is C14H17NO. The van der Waals surface area contributed by atoms with Crippen molar-refractivity contribution in [2.45, 2.75) is 13.5 Å². The third kappa shape index (κ3) is 5.29. The molecular weight excluding hydrogens is 198 g/mol. The predicted octanol–water partition coefficient (Wildman–Crippen LogP) is 3.16. The molecule has 2 heteroatoms. The summed E-state index contributed by atoms with van der Waals surface area (Å²) >= 11 is 0. The van der Waals surface area contributed by atoms with Gasteiger partial charge in [0.2, 0.25) is 0 Å². The highest BCUT2D eigenvalue weighted by Crippen LogP contribution is 1.95. The van der Waals surface area contributed by atoms with Gasteiger partial charge in [-0.05, 0) is 12.5 Å². The smallest absolute Gasteiger partial charge is 0.0458 e. The summed E-state index contributed by atoms with van der Waals surface area (Å²) in [5.74, 6) is 0. The minimum Gasteiger partial charge on any atom is -0.316 e. The molecule has 84 valence electrons. The van der Waals surface area contributed by atoms with E-state index in [4.69, 9.17) is 5.21 Å². The minimum atomic E-state index is 0.515. The largest absolute Gasteiger partial charge is 0.316 e. The van der Waals surface area contributed by atoms with Crippen LogP contribution >= 0.6 is 0 Å². The van der Waals surface area contributed by atoms with Gasteiger partial charge in [0.05, 0.1) is 0 Å². The summed E-state index contributed by atoms with van der Waals surface area (Å²) in [6.45, 7) is 2.60. The van der Waals surface area contributed by atoms with Gasteiger partial charge in [-0.25, -0.2) is 5.48 Å². The van der Waals surface area contributed by atoms with Gasteiger partial charge in [0.1, 0.15) is 0 Å². The molecule has 0 saturated heterocycles. The van der Waals surface area contributed by atoms with Gasteiger partial charge in [-0.1, -0.05) is 66.2 Å². The Morgan fingerprint density at radius 1 is 0.875 bits per heavy atom. The molecule has 0 atom stereocenters. The van der Waals surface area contributed by atoms with E-state index >= 15 is 0 Å². The first-order chi connectivity index (χ1) is 7.83. The average Bonchev–Trinajstić information content (AvgIpc) is 2.33. The SMILES string of the molecule is Cc1ccccc1.ONCc1ccccc1. The molecule has 0 radical (unpaired) electrons. The highest BCUT2D eigenvalue weighted by molar-refractivity contribution is 5.13. The van der Waals surface area contributed by atoms with Crippen LogP contribution in [0.5, 0.6) is 0 Å². The van der Waals surface area contributed by atoms with Gasteiger partial charge in [0.25, 0.3) is 0 Å². The minimum absolute atomic E-state index is 0.515. The Balaban J connectivity index is 0.000000165. The summed E-state index contributed by atoms with van der Waals surface area (Å²) in [5.41, 5.74) is 4.49. The Hall–Kier alpha value is -1.64. The molecule has 0 aliphatic heterocycles. The molecule has 0 bridgehead atoms. The number of rotatable bonds is 2. The summed E-state index contributed by atoms with van der Waals surface area (Å²) < 4.78 is 0. The van der Waals surface area contributed by atoms with Gasteiger partial charge in [0.15, 0.2) is 0 Å². The molecule has 2 aromatic rings. The van der Waals surface area contributed by atoms with Crippen molar-refractivity contribution in [2.24, 2.45) is 0 Å². The second-order valence-corrected chi connectivity index (χ2v) is 3.48. The summed E-state index contributed by atoms with van der Waals surface area (Å²) in [6.07, 6.45) is 0. The van der Waals surface area contributed by atoms with Gasteiger partial charge in [0, 0.05) is 6.54 Å². The van der Waals surface area contributed by atoms with Crippen molar-refractivity contribution in [3.8, 4) is 0 Å². The fourth-order valence-corrected chi connectivity index (χ4v) is 1.22. The number of nitrogens with one attached hydrogen (secondary N) is 1. The lowest BCUT2D eigenvalue weighted by atomic mass is 10.2. The molecule has 2 aromatic carbocycles. The molecule has 0 saturated carbocycles. The molecule has 0 spiro atoms. The van der Waals surface area contributed by atoms with Crippen molar-refractivity contribution in [3.63, 3.8) is 0 Å². The van der Waals surface area contributed by atoms with E-state index in [9.17, 15) is 0 Å². The molecule has 16 heavy (non-hydrogen) atoms. The van der Waals surface area contributed by atoms with E-state index in [-0.39, 0.29) is 0 Å². The molecule has 2 nitrogen and oxygen atoms in total. The van der Waals surface area contributed by atoms with Gasteiger partial charge in [-0.3, -0.25) is 0 Å². The first-order valence-electron chi connectivity index (χ1n) is 5.25. The molecule has 2 rings (SSSR count). The first-order valence-corrected chi connectivity index (χ1v) is 5.25. The summed E-state index contributed by atoms with van der Waals surface area (Å²) in [5, 5.41) is 8.27. The van der Waals surface area contributed by atoms with Crippen LogP contribution in [-0.2, 0) is 6.54 Å². The van der Waals surface area contributed by atoms with Crippen LogP contribution in [0, 0.1) is 6.92 Å². The quantitative estimate of drug-likeness (QED) is 0.754. The molecule has 0 aliphatic carbocycles. The van der Waals surface area contributed by atoms with E-state index < -0.39 is 0 Å². The Morgan fingerprint density at radius 2 is 1.38 bits per heavy atom. The van der Waals surface area contributed by atoms with Crippen molar-refractivity contribution in [3.05, 3.63) is 71.8 Å². The third-order valence-electron chi connectivity index (χ3n) is 2.07. The Bertz CT molecular complexity index is 372. The lowest BCUT2D eigenvalue weighted by Crippen LogP contribution is -2.05. The maximum Gasteiger partial charge on any atom is 0.0458 e. The molecule has 0 aliphatic rings. The van der Waals surface area contributed by atoms with Gasteiger partial charge < -0.3 is 5.21 Å². The van der Waals surface area contributed by atoms with E-state index in [1.165, 1.54) is 5.56 Å². The Kier molecular flexibility index (Phi) is 5.92. The zero-order valence-corrected chi connectivity index (χ0v) is 9.43. The highest BCUT2D eigenvalue weighted by atomic mass is 16.5. The predicted molar refractivity (Wildman–Crippen MR) is 66.2 cm³/mol. The van der Waals surface area contributed by atoms with Crippen LogP contribution in [-0.4, -0.2) is 5.21 Å². The van der Waals surface area contributed by atoms with Crippen molar-refractivity contribution < 1.29 is 5.21 Å². The number of hydrogen-bond acceptors (Lipinski definition) is 2. The lowest BCUT2D eigenvalue weighted by molar-refractivity contribution is 0.161. The van der Waals surface area contributed by atoms with Gasteiger partial charge >= 0.3 is 0 Å². The standard InChI is InChI=1S/C7H9NO.C7H8/c9-8-6-7-4-2-1-3-5-7;1-7-5-3-2-4-6-7/h1-5,8-9H,6H2;2-6H,1H3. The zero-order chi connectivity index (χ0) is 11.6. The molecule has 0 fully saturated rings. The number of hydroxylamine groups is 1. The number of aryl methyl sites for hydroxylation is 1. The fourth-order valence-electron chi connectivity index (χ4n) is 1.22. The van der Waals surface area contributed by atoms with Crippen LogP contribution in [0.2, 0.25) is 0 Å². The van der Waals surface area contributed by atoms with Crippen molar-refractivity contribution in [1.82, 2.24) is 5.48 Å². The van der Waals surface area contributed by atoms with Crippen molar-refractivity contribution in [1.29, 1.82) is 0 Å².